The average molecular weight is 294 g/mol. The number of piperazine rings is 1. The van der Waals surface area contributed by atoms with Crippen LogP contribution in [0, 0.1) is 5.92 Å². The van der Waals surface area contributed by atoms with E-state index in [1.807, 2.05) is 18.7 Å². The summed E-state index contributed by atoms with van der Waals surface area (Å²) in [5.41, 5.74) is -0.594. The van der Waals surface area contributed by atoms with Gasteiger partial charge >= 0.3 is 0 Å². The molecule has 1 heterocycles. The van der Waals surface area contributed by atoms with Crippen molar-refractivity contribution >= 4 is 11.8 Å². The minimum atomic E-state index is -0.594. The van der Waals surface area contributed by atoms with Crippen LogP contribution in [0.4, 0.5) is 0 Å². The first-order valence-electron chi connectivity index (χ1n) is 8.57. The fourth-order valence-corrected chi connectivity index (χ4v) is 3.92. The molecule has 2 unspecified atom stereocenters. The Hall–Kier alpha value is -1.06. The number of carbonyl (C=O) groups excluding carboxylic acids is 2. The Labute approximate surface area is 128 Å². The van der Waals surface area contributed by atoms with Gasteiger partial charge in [-0.1, -0.05) is 46.5 Å². The SMILES string of the molecule is CCCCC(C)N1C(=O)C2(CCCC2)NC(=O)C1C(C)C. The molecule has 1 aliphatic heterocycles. The molecule has 0 bridgehead atoms. The lowest BCUT2D eigenvalue weighted by Gasteiger charge is -2.48. The Kier molecular flexibility index (Phi) is 4.95. The molecule has 21 heavy (non-hydrogen) atoms. The van der Waals surface area contributed by atoms with E-state index in [2.05, 4.69) is 19.2 Å². The molecule has 0 radical (unpaired) electrons. The maximum absolute atomic E-state index is 13.1. The van der Waals surface area contributed by atoms with Crippen LogP contribution in [0.25, 0.3) is 0 Å². The van der Waals surface area contributed by atoms with Crippen molar-refractivity contribution in [3.05, 3.63) is 0 Å². The summed E-state index contributed by atoms with van der Waals surface area (Å²) in [6.45, 7) is 8.33. The molecule has 4 nitrogen and oxygen atoms in total. The molecule has 1 N–H and O–H groups in total. The van der Waals surface area contributed by atoms with Crippen LogP contribution in [-0.2, 0) is 9.59 Å². The van der Waals surface area contributed by atoms with E-state index in [-0.39, 0.29) is 29.8 Å². The van der Waals surface area contributed by atoms with Crippen molar-refractivity contribution < 1.29 is 9.59 Å². The summed E-state index contributed by atoms with van der Waals surface area (Å²) in [4.78, 5) is 27.7. The molecule has 2 amide bonds. The number of nitrogens with zero attached hydrogens (tertiary/aromatic N) is 1. The van der Waals surface area contributed by atoms with Gasteiger partial charge in [-0.3, -0.25) is 9.59 Å². The molecule has 2 rings (SSSR count). The molecule has 2 fully saturated rings. The standard InChI is InChI=1S/C17H30N2O2/c1-5-6-9-13(4)19-14(12(2)3)15(20)18-17(16(19)21)10-7-8-11-17/h12-14H,5-11H2,1-4H3,(H,18,20). The summed E-state index contributed by atoms with van der Waals surface area (Å²) < 4.78 is 0. The van der Waals surface area contributed by atoms with Crippen LogP contribution in [-0.4, -0.2) is 34.3 Å². The molecule has 1 spiro atoms. The lowest BCUT2D eigenvalue weighted by Crippen LogP contribution is -2.72. The van der Waals surface area contributed by atoms with E-state index in [0.29, 0.717) is 0 Å². The molecule has 4 heteroatoms. The van der Waals surface area contributed by atoms with Gasteiger partial charge in [0.2, 0.25) is 11.8 Å². The van der Waals surface area contributed by atoms with Gasteiger partial charge in [-0.25, -0.2) is 0 Å². The van der Waals surface area contributed by atoms with Crippen LogP contribution in [0.1, 0.15) is 72.6 Å². The number of hydrogen-bond acceptors (Lipinski definition) is 2. The Morgan fingerprint density at radius 3 is 2.38 bits per heavy atom. The topological polar surface area (TPSA) is 49.4 Å². The second-order valence-electron chi connectivity index (χ2n) is 7.17. The predicted octanol–water partition coefficient (Wildman–Crippen LogP) is 2.86. The van der Waals surface area contributed by atoms with Gasteiger partial charge in [0.15, 0.2) is 0 Å². The summed E-state index contributed by atoms with van der Waals surface area (Å²) in [6, 6.07) is -0.163. The highest BCUT2D eigenvalue weighted by molar-refractivity contribution is 6.00. The van der Waals surface area contributed by atoms with E-state index in [4.69, 9.17) is 0 Å². The second-order valence-corrected chi connectivity index (χ2v) is 7.17. The summed E-state index contributed by atoms with van der Waals surface area (Å²) in [5.74, 6) is 0.369. The van der Waals surface area contributed by atoms with Gasteiger partial charge in [0, 0.05) is 6.04 Å². The van der Waals surface area contributed by atoms with E-state index in [0.717, 1.165) is 44.9 Å². The Morgan fingerprint density at radius 1 is 1.24 bits per heavy atom. The fraction of sp³-hybridized carbons (Fsp3) is 0.882. The zero-order chi connectivity index (χ0) is 15.6. The van der Waals surface area contributed by atoms with Crippen molar-refractivity contribution in [2.24, 2.45) is 5.92 Å². The minimum absolute atomic E-state index is 0.0508. The lowest BCUT2D eigenvalue weighted by molar-refractivity contribution is -0.159. The second kappa shape index (κ2) is 6.37. The van der Waals surface area contributed by atoms with Crippen LogP contribution in [0.5, 0.6) is 0 Å². The number of rotatable bonds is 5. The van der Waals surface area contributed by atoms with Crippen molar-refractivity contribution in [2.45, 2.75) is 90.3 Å². The highest BCUT2D eigenvalue weighted by atomic mass is 16.2. The highest BCUT2D eigenvalue weighted by Crippen LogP contribution is 2.37. The molecule has 1 saturated carbocycles. The van der Waals surface area contributed by atoms with Gasteiger partial charge in [-0.15, -0.1) is 0 Å². The van der Waals surface area contributed by atoms with E-state index in [1.54, 1.807) is 0 Å². The summed E-state index contributed by atoms with van der Waals surface area (Å²) in [5, 5.41) is 3.08. The monoisotopic (exact) mass is 294 g/mol. The van der Waals surface area contributed by atoms with Crippen LogP contribution in [0.3, 0.4) is 0 Å². The van der Waals surface area contributed by atoms with Gasteiger partial charge in [0.05, 0.1) is 0 Å². The Balaban J connectivity index is 2.28. The third-order valence-corrected chi connectivity index (χ3v) is 5.11. The molecule has 2 atom stereocenters. The normalized spacial score (nSPS) is 26.5. The van der Waals surface area contributed by atoms with Crippen molar-refractivity contribution in [3.8, 4) is 0 Å². The average Bonchev–Trinajstić information content (AvgIpc) is 2.88. The molecule has 0 aromatic rings. The van der Waals surface area contributed by atoms with Crippen molar-refractivity contribution in [2.75, 3.05) is 0 Å². The molecule has 0 aromatic heterocycles. The predicted molar refractivity (Wildman–Crippen MR) is 83.8 cm³/mol. The Morgan fingerprint density at radius 2 is 1.86 bits per heavy atom. The van der Waals surface area contributed by atoms with Crippen LogP contribution in [0.2, 0.25) is 0 Å². The van der Waals surface area contributed by atoms with Gasteiger partial charge < -0.3 is 10.2 Å². The molecule has 1 saturated heterocycles. The number of carbonyl (C=O) groups is 2. The van der Waals surface area contributed by atoms with Gasteiger partial charge in [0.25, 0.3) is 0 Å². The molecule has 120 valence electrons. The van der Waals surface area contributed by atoms with Gasteiger partial charge in [0.1, 0.15) is 11.6 Å². The van der Waals surface area contributed by atoms with Crippen molar-refractivity contribution in [3.63, 3.8) is 0 Å². The smallest absolute Gasteiger partial charge is 0.249 e. The molecule has 2 aliphatic rings. The lowest BCUT2D eigenvalue weighted by atomic mass is 9.86. The third kappa shape index (κ3) is 2.95. The van der Waals surface area contributed by atoms with Crippen LogP contribution < -0.4 is 5.32 Å². The van der Waals surface area contributed by atoms with Crippen LogP contribution in [0.15, 0.2) is 0 Å². The zero-order valence-electron chi connectivity index (χ0n) is 13.9. The maximum atomic E-state index is 13.1. The summed E-state index contributed by atoms with van der Waals surface area (Å²) in [6.07, 6.45) is 6.89. The molecular weight excluding hydrogens is 264 g/mol. The quantitative estimate of drug-likeness (QED) is 0.847. The molecular formula is C17H30N2O2. The highest BCUT2D eigenvalue weighted by Gasteiger charge is 2.53. The first kappa shape index (κ1) is 16.3. The summed E-state index contributed by atoms with van der Waals surface area (Å²) >= 11 is 0. The maximum Gasteiger partial charge on any atom is 0.249 e. The number of unbranched alkanes of at least 4 members (excludes halogenated alkanes) is 1. The van der Waals surface area contributed by atoms with E-state index in [1.165, 1.54) is 0 Å². The minimum Gasteiger partial charge on any atom is -0.340 e. The first-order valence-corrected chi connectivity index (χ1v) is 8.57. The van der Waals surface area contributed by atoms with Gasteiger partial charge in [-0.2, -0.15) is 0 Å². The fourth-order valence-electron chi connectivity index (χ4n) is 3.92. The number of amides is 2. The third-order valence-electron chi connectivity index (χ3n) is 5.11. The molecule has 0 aromatic carbocycles. The summed E-state index contributed by atoms with van der Waals surface area (Å²) in [7, 11) is 0. The molecule has 1 aliphatic carbocycles. The van der Waals surface area contributed by atoms with Crippen molar-refractivity contribution in [1.29, 1.82) is 0 Å². The number of nitrogens with one attached hydrogen (secondary N) is 1. The number of hydrogen-bond donors (Lipinski definition) is 1. The Bertz CT molecular complexity index is 400. The largest absolute Gasteiger partial charge is 0.340 e. The van der Waals surface area contributed by atoms with Crippen LogP contribution >= 0.6 is 0 Å². The van der Waals surface area contributed by atoms with Gasteiger partial charge in [-0.05, 0) is 32.1 Å². The van der Waals surface area contributed by atoms with Crippen molar-refractivity contribution in [1.82, 2.24) is 10.2 Å². The van der Waals surface area contributed by atoms with E-state index < -0.39 is 5.54 Å². The first-order chi connectivity index (χ1) is 9.93. The van der Waals surface area contributed by atoms with E-state index >= 15 is 0 Å². The van der Waals surface area contributed by atoms with E-state index in [9.17, 15) is 9.59 Å². The zero-order valence-corrected chi connectivity index (χ0v) is 13.9.